The van der Waals surface area contributed by atoms with E-state index in [-0.39, 0.29) is 18.8 Å². The molecule has 0 amide bonds. The van der Waals surface area contributed by atoms with Gasteiger partial charge in [-0.25, -0.2) is 4.39 Å². The minimum Gasteiger partial charge on any atom is -0.385 e. The molecule has 0 aromatic heterocycles. The predicted octanol–water partition coefficient (Wildman–Crippen LogP) is 0.880. The van der Waals surface area contributed by atoms with Gasteiger partial charge < -0.3 is 10.8 Å². The minimum absolute atomic E-state index is 0.0377. The van der Waals surface area contributed by atoms with Gasteiger partial charge in [0, 0.05) is 13.0 Å². The predicted molar refractivity (Wildman–Crippen MR) is 41.6 cm³/mol. The first-order valence-corrected chi connectivity index (χ1v) is 3.54. The summed E-state index contributed by atoms with van der Waals surface area (Å²) in [4.78, 5) is 0. The van der Waals surface area contributed by atoms with Crippen LogP contribution in [-0.4, -0.2) is 17.3 Å². The van der Waals surface area contributed by atoms with Gasteiger partial charge in [-0.05, 0) is 18.6 Å². The van der Waals surface area contributed by atoms with Gasteiger partial charge in [-0.2, -0.15) is 0 Å². The molecule has 0 fully saturated rings. The molecule has 0 spiro atoms. The molecule has 1 aliphatic carbocycles. The molecule has 1 atom stereocenters. The Morgan fingerprint density at radius 3 is 2.82 bits per heavy atom. The van der Waals surface area contributed by atoms with Crippen molar-refractivity contribution in [2.75, 3.05) is 6.54 Å². The molecule has 0 saturated carbocycles. The Labute approximate surface area is 65.2 Å². The van der Waals surface area contributed by atoms with Gasteiger partial charge in [0.05, 0.1) is 5.60 Å². The van der Waals surface area contributed by atoms with Crippen molar-refractivity contribution in [3.05, 3.63) is 23.6 Å². The van der Waals surface area contributed by atoms with Crippen molar-refractivity contribution < 1.29 is 9.50 Å². The molecular formula is C8H12FNO. The molecule has 0 aromatic rings. The normalized spacial score (nSPS) is 31.3. The lowest BCUT2D eigenvalue weighted by molar-refractivity contribution is 0.0896. The molecule has 0 radical (unpaired) electrons. The summed E-state index contributed by atoms with van der Waals surface area (Å²) in [7, 11) is 0. The lowest BCUT2D eigenvalue weighted by atomic mass is 9.88. The first kappa shape index (κ1) is 8.43. The number of aliphatic hydroxyl groups is 1. The SMILES string of the molecule is CC1(O)CC(F)=CC=C1CN. The van der Waals surface area contributed by atoms with E-state index in [4.69, 9.17) is 5.73 Å². The third kappa shape index (κ3) is 1.67. The second kappa shape index (κ2) is 2.75. The molecule has 2 nitrogen and oxygen atoms in total. The van der Waals surface area contributed by atoms with Crippen LogP contribution >= 0.6 is 0 Å². The molecule has 62 valence electrons. The Morgan fingerprint density at radius 2 is 2.36 bits per heavy atom. The van der Waals surface area contributed by atoms with Crippen molar-refractivity contribution in [2.45, 2.75) is 18.9 Å². The highest BCUT2D eigenvalue weighted by Gasteiger charge is 2.28. The van der Waals surface area contributed by atoms with E-state index >= 15 is 0 Å². The number of nitrogens with two attached hydrogens (primary N) is 1. The summed E-state index contributed by atoms with van der Waals surface area (Å²) in [5, 5.41) is 9.58. The quantitative estimate of drug-likeness (QED) is 0.593. The smallest absolute Gasteiger partial charge is 0.103 e. The molecule has 1 aliphatic rings. The van der Waals surface area contributed by atoms with Crippen LogP contribution in [-0.2, 0) is 0 Å². The van der Waals surface area contributed by atoms with Crippen molar-refractivity contribution in [2.24, 2.45) is 5.73 Å². The van der Waals surface area contributed by atoms with Gasteiger partial charge in [0.2, 0.25) is 0 Å². The van der Waals surface area contributed by atoms with Crippen LogP contribution in [0.3, 0.4) is 0 Å². The van der Waals surface area contributed by atoms with Crippen LogP contribution in [0.5, 0.6) is 0 Å². The fourth-order valence-corrected chi connectivity index (χ4v) is 1.16. The molecular weight excluding hydrogens is 145 g/mol. The molecule has 3 heteroatoms. The molecule has 11 heavy (non-hydrogen) atoms. The summed E-state index contributed by atoms with van der Waals surface area (Å²) in [6.45, 7) is 1.84. The van der Waals surface area contributed by atoms with E-state index in [0.29, 0.717) is 5.57 Å². The van der Waals surface area contributed by atoms with E-state index in [1.165, 1.54) is 6.08 Å². The first-order chi connectivity index (χ1) is 5.06. The zero-order chi connectivity index (χ0) is 8.48. The van der Waals surface area contributed by atoms with Crippen LogP contribution in [0.2, 0.25) is 0 Å². The number of hydrogen-bond acceptors (Lipinski definition) is 2. The maximum Gasteiger partial charge on any atom is 0.103 e. The monoisotopic (exact) mass is 157 g/mol. The topological polar surface area (TPSA) is 46.2 Å². The van der Waals surface area contributed by atoms with Gasteiger partial charge in [0.25, 0.3) is 0 Å². The van der Waals surface area contributed by atoms with E-state index in [9.17, 15) is 9.50 Å². The Kier molecular flexibility index (Phi) is 2.11. The molecule has 3 N–H and O–H groups in total. The van der Waals surface area contributed by atoms with Crippen LogP contribution < -0.4 is 5.73 Å². The van der Waals surface area contributed by atoms with Crippen LogP contribution in [0.1, 0.15) is 13.3 Å². The summed E-state index contributed by atoms with van der Waals surface area (Å²) in [5.41, 5.74) is 4.93. The molecule has 0 bridgehead atoms. The number of rotatable bonds is 1. The van der Waals surface area contributed by atoms with Crippen LogP contribution in [0.4, 0.5) is 4.39 Å². The van der Waals surface area contributed by atoms with Crippen LogP contribution in [0, 0.1) is 0 Å². The summed E-state index contributed by atoms with van der Waals surface area (Å²) >= 11 is 0. The van der Waals surface area contributed by atoms with Crippen molar-refractivity contribution >= 4 is 0 Å². The third-order valence-corrected chi connectivity index (χ3v) is 1.89. The third-order valence-electron chi connectivity index (χ3n) is 1.89. The van der Waals surface area contributed by atoms with Gasteiger partial charge in [-0.15, -0.1) is 0 Å². The van der Waals surface area contributed by atoms with Gasteiger partial charge in [0.1, 0.15) is 5.83 Å². The molecule has 0 aliphatic heterocycles. The number of hydrogen-bond donors (Lipinski definition) is 2. The average Bonchev–Trinajstić information content (AvgIpc) is 1.85. The second-order valence-electron chi connectivity index (χ2n) is 2.96. The van der Waals surface area contributed by atoms with E-state index < -0.39 is 5.60 Å². The molecule has 0 heterocycles. The lowest BCUT2D eigenvalue weighted by Gasteiger charge is -2.27. The van der Waals surface area contributed by atoms with Crippen LogP contribution in [0.15, 0.2) is 23.6 Å². The second-order valence-corrected chi connectivity index (χ2v) is 2.96. The van der Waals surface area contributed by atoms with Crippen molar-refractivity contribution in [3.63, 3.8) is 0 Å². The summed E-state index contributed by atoms with van der Waals surface area (Å²) in [6, 6.07) is 0. The molecule has 1 unspecified atom stereocenters. The standard InChI is InChI=1S/C8H12FNO/c1-8(11)4-7(9)3-2-6(8)5-10/h2-3,11H,4-5,10H2,1H3. The van der Waals surface area contributed by atoms with E-state index in [1.54, 1.807) is 13.0 Å². The highest BCUT2D eigenvalue weighted by atomic mass is 19.1. The van der Waals surface area contributed by atoms with Gasteiger partial charge in [-0.1, -0.05) is 6.08 Å². The van der Waals surface area contributed by atoms with Crippen molar-refractivity contribution in [1.82, 2.24) is 0 Å². The largest absolute Gasteiger partial charge is 0.385 e. The summed E-state index contributed by atoms with van der Waals surface area (Å²) < 4.78 is 12.6. The van der Waals surface area contributed by atoms with E-state index in [2.05, 4.69) is 0 Å². The van der Waals surface area contributed by atoms with E-state index in [0.717, 1.165) is 0 Å². The Balaban J connectivity index is 2.89. The van der Waals surface area contributed by atoms with Crippen molar-refractivity contribution in [3.8, 4) is 0 Å². The molecule has 0 saturated heterocycles. The average molecular weight is 157 g/mol. The highest BCUT2D eigenvalue weighted by Crippen LogP contribution is 2.28. The number of halogens is 1. The van der Waals surface area contributed by atoms with Gasteiger partial charge in [-0.3, -0.25) is 0 Å². The van der Waals surface area contributed by atoms with Crippen molar-refractivity contribution in [1.29, 1.82) is 0 Å². The van der Waals surface area contributed by atoms with E-state index in [1.807, 2.05) is 0 Å². The fraction of sp³-hybridized carbons (Fsp3) is 0.500. The maximum atomic E-state index is 12.6. The molecule has 1 rings (SSSR count). The Bertz CT molecular complexity index is 218. The van der Waals surface area contributed by atoms with Crippen LogP contribution in [0.25, 0.3) is 0 Å². The van der Waals surface area contributed by atoms with Gasteiger partial charge >= 0.3 is 0 Å². The summed E-state index contributed by atoms with van der Waals surface area (Å²) in [6.07, 6.45) is 2.93. The number of allylic oxidation sites excluding steroid dienone is 2. The zero-order valence-electron chi connectivity index (χ0n) is 6.47. The lowest BCUT2D eigenvalue weighted by Crippen LogP contribution is -2.32. The first-order valence-electron chi connectivity index (χ1n) is 3.54. The minimum atomic E-state index is -1.09. The fourth-order valence-electron chi connectivity index (χ4n) is 1.16. The zero-order valence-corrected chi connectivity index (χ0v) is 6.47. The highest BCUT2D eigenvalue weighted by molar-refractivity contribution is 5.30. The van der Waals surface area contributed by atoms with Gasteiger partial charge in [0.15, 0.2) is 0 Å². The Morgan fingerprint density at radius 1 is 1.73 bits per heavy atom. The molecule has 0 aromatic carbocycles. The summed E-state index contributed by atoms with van der Waals surface area (Å²) in [5.74, 6) is -0.299. The maximum absolute atomic E-state index is 12.6. The Hall–Kier alpha value is -0.670.